The van der Waals surface area contributed by atoms with Crippen molar-refractivity contribution in [3.63, 3.8) is 0 Å². The second-order valence-electron chi connectivity index (χ2n) is 4.09. The molecule has 2 nitrogen and oxygen atoms in total. The first-order valence-corrected chi connectivity index (χ1v) is 6.24. The second kappa shape index (κ2) is 5.40. The third-order valence-electron chi connectivity index (χ3n) is 2.56. The van der Waals surface area contributed by atoms with Crippen LogP contribution in [0.4, 0.5) is 4.39 Å². The number of nitrogens with zero attached hydrogens (tertiary/aromatic N) is 1. The zero-order valence-electron chi connectivity index (χ0n) is 9.78. The van der Waals surface area contributed by atoms with Crippen LogP contribution in [-0.2, 0) is 6.42 Å². The summed E-state index contributed by atoms with van der Waals surface area (Å²) in [5, 5.41) is 0. The van der Waals surface area contributed by atoms with E-state index >= 15 is 0 Å². The molecular formula is C14H11BrFNO. The highest BCUT2D eigenvalue weighted by molar-refractivity contribution is 9.10. The Kier molecular flexibility index (Phi) is 3.87. The summed E-state index contributed by atoms with van der Waals surface area (Å²) in [5.74, 6) is -0.504. The molecule has 1 aromatic carbocycles. The fourth-order valence-electron chi connectivity index (χ4n) is 1.66. The number of rotatable bonds is 3. The molecule has 0 fully saturated rings. The van der Waals surface area contributed by atoms with E-state index in [4.69, 9.17) is 0 Å². The predicted molar refractivity (Wildman–Crippen MR) is 71.1 cm³/mol. The lowest BCUT2D eigenvalue weighted by atomic mass is 10.0. The summed E-state index contributed by atoms with van der Waals surface area (Å²) >= 11 is 3.26. The van der Waals surface area contributed by atoms with Crippen molar-refractivity contribution in [2.75, 3.05) is 0 Å². The number of aromatic nitrogens is 1. The minimum Gasteiger partial charge on any atom is -0.294 e. The maximum atomic E-state index is 13.5. The second-order valence-corrected chi connectivity index (χ2v) is 5.00. The molecule has 1 aromatic heterocycles. The molecule has 0 spiro atoms. The quantitative estimate of drug-likeness (QED) is 0.809. The van der Waals surface area contributed by atoms with Crippen LogP contribution in [-0.4, -0.2) is 10.8 Å². The van der Waals surface area contributed by atoms with Crippen LogP contribution in [0.25, 0.3) is 0 Å². The lowest BCUT2D eigenvalue weighted by Crippen LogP contribution is -2.06. The predicted octanol–water partition coefficient (Wildman–Crippen LogP) is 3.72. The SMILES string of the molecule is Cc1cncc(C(=O)Cc2cc(Br)ccc2F)c1. The van der Waals surface area contributed by atoms with Gasteiger partial charge in [0.1, 0.15) is 5.82 Å². The molecule has 0 radical (unpaired) electrons. The Hall–Kier alpha value is -1.55. The van der Waals surface area contributed by atoms with Gasteiger partial charge in [0, 0.05) is 28.9 Å². The molecule has 0 saturated heterocycles. The normalized spacial score (nSPS) is 10.4. The van der Waals surface area contributed by atoms with Gasteiger partial charge in [0.25, 0.3) is 0 Å². The first kappa shape index (κ1) is 12.9. The number of benzene rings is 1. The smallest absolute Gasteiger partial charge is 0.168 e. The Bertz CT molecular complexity index is 598. The molecule has 1 heterocycles. The van der Waals surface area contributed by atoms with Gasteiger partial charge < -0.3 is 0 Å². The van der Waals surface area contributed by atoms with Gasteiger partial charge >= 0.3 is 0 Å². The van der Waals surface area contributed by atoms with Crippen molar-refractivity contribution in [2.24, 2.45) is 0 Å². The summed E-state index contributed by atoms with van der Waals surface area (Å²) in [5.41, 5.74) is 1.81. The number of aryl methyl sites for hydroxylation is 1. The first-order chi connectivity index (χ1) is 8.56. The molecule has 0 amide bonds. The third kappa shape index (κ3) is 3.01. The Morgan fingerprint density at radius 3 is 2.83 bits per heavy atom. The molecule has 0 unspecified atom stereocenters. The minimum absolute atomic E-state index is 0.0381. The van der Waals surface area contributed by atoms with Crippen LogP contribution in [0.2, 0.25) is 0 Å². The van der Waals surface area contributed by atoms with E-state index in [9.17, 15) is 9.18 Å². The summed E-state index contributed by atoms with van der Waals surface area (Å²) < 4.78 is 14.3. The number of ketones is 1. The molecule has 2 aromatic rings. The van der Waals surface area contributed by atoms with Crippen LogP contribution in [0.15, 0.2) is 41.1 Å². The highest BCUT2D eigenvalue weighted by atomic mass is 79.9. The average molecular weight is 308 g/mol. The number of carbonyl (C=O) groups is 1. The van der Waals surface area contributed by atoms with Crippen LogP contribution < -0.4 is 0 Å². The zero-order chi connectivity index (χ0) is 13.1. The first-order valence-electron chi connectivity index (χ1n) is 5.45. The summed E-state index contributed by atoms with van der Waals surface area (Å²) in [6.45, 7) is 1.86. The van der Waals surface area contributed by atoms with Crippen molar-refractivity contribution in [2.45, 2.75) is 13.3 Å². The van der Waals surface area contributed by atoms with Crippen molar-refractivity contribution in [3.05, 3.63) is 63.6 Å². The molecule has 2 rings (SSSR count). The molecule has 18 heavy (non-hydrogen) atoms. The van der Waals surface area contributed by atoms with Crippen molar-refractivity contribution < 1.29 is 9.18 Å². The number of pyridine rings is 1. The topological polar surface area (TPSA) is 30.0 Å². The standard InChI is InChI=1S/C14H11BrFNO/c1-9-4-11(8-17-7-9)14(18)6-10-5-12(15)2-3-13(10)16/h2-5,7-8H,6H2,1H3. The fourth-order valence-corrected chi connectivity index (χ4v) is 2.07. The number of hydrogen-bond donors (Lipinski definition) is 0. The number of carbonyl (C=O) groups excluding carboxylic acids is 1. The van der Waals surface area contributed by atoms with Crippen molar-refractivity contribution >= 4 is 21.7 Å². The molecule has 0 aliphatic rings. The van der Waals surface area contributed by atoms with Crippen molar-refractivity contribution in [3.8, 4) is 0 Å². The van der Waals surface area contributed by atoms with Gasteiger partial charge in [-0.05, 0) is 42.3 Å². The van der Waals surface area contributed by atoms with Crippen LogP contribution in [0, 0.1) is 12.7 Å². The van der Waals surface area contributed by atoms with Gasteiger partial charge in [-0.2, -0.15) is 0 Å². The van der Waals surface area contributed by atoms with Gasteiger partial charge in [0.2, 0.25) is 0 Å². The summed E-state index contributed by atoms with van der Waals surface area (Å²) in [6, 6.07) is 6.33. The van der Waals surface area contributed by atoms with E-state index in [2.05, 4.69) is 20.9 Å². The Balaban J connectivity index is 2.24. The number of halogens is 2. The molecule has 0 saturated carbocycles. The summed E-state index contributed by atoms with van der Waals surface area (Å²) in [7, 11) is 0. The van der Waals surface area contributed by atoms with Crippen LogP contribution >= 0.6 is 15.9 Å². The molecule has 0 aliphatic heterocycles. The van der Waals surface area contributed by atoms with E-state index in [1.807, 2.05) is 6.92 Å². The lowest BCUT2D eigenvalue weighted by Gasteiger charge is -2.04. The highest BCUT2D eigenvalue weighted by Crippen LogP contribution is 2.17. The molecule has 4 heteroatoms. The average Bonchev–Trinajstić information content (AvgIpc) is 2.34. The third-order valence-corrected chi connectivity index (χ3v) is 3.05. The van der Waals surface area contributed by atoms with Crippen molar-refractivity contribution in [1.82, 2.24) is 4.98 Å². The molecule has 92 valence electrons. The minimum atomic E-state index is -0.368. The van der Waals surface area contributed by atoms with E-state index in [-0.39, 0.29) is 18.0 Å². The number of Topliss-reactive ketones (excluding diaryl/α,β-unsaturated/α-hetero) is 1. The monoisotopic (exact) mass is 307 g/mol. The molecule has 0 atom stereocenters. The van der Waals surface area contributed by atoms with E-state index in [0.717, 1.165) is 10.0 Å². The van der Waals surface area contributed by atoms with E-state index in [0.29, 0.717) is 11.1 Å². The lowest BCUT2D eigenvalue weighted by molar-refractivity contribution is 0.0991. The molecule has 0 bridgehead atoms. The van der Waals surface area contributed by atoms with Gasteiger partial charge in [-0.25, -0.2) is 4.39 Å². The van der Waals surface area contributed by atoms with Gasteiger partial charge in [-0.1, -0.05) is 15.9 Å². The summed E-state index contributed by atoms with van der Waals surface area (Å²) in [6.07, 6.45) is 3.22. The maximum absolute atomic E-state index is 13.5. The van der Waals surface area contributed by atoms with Gasteiger partial charge in [-0.3, -0.25) is 9.78 Å². The van der Waals surface area contributed by atoms with Crippen LogP contribution in [0.5, 0.6) is 0 Å². The van der Waals surface area contributed by atoms with Crippen LogP contribution in [0.1, 0.15) is 21.5 Å². The van der Waals surface area contributed by atoms with E-state index in [1.54, 1.807) is 24.4 Å². The van der Waals surface area contributed by atoms with Gasteiger partial charge in [0.15, 0.2) is 5.78 Å². The zero-order valence-corrected chi connectivity index (χ0v) is 11.4. The fraction of sp³-hybridized carbons (Fsp3) is 0.143. The summed E-state index contributed by atoms with van der Waals surface area (Å²) in [4.78, 5) is 16.0. The Morgan fingerprint density at radius 1 is 1.33 bits per heavy atom. The Morgan fingerprint density at radius 2 is 2.11 bits per heavy atom. The molecule has 0 N–H and O–H groups in total. The largest absolute Gasteiger partial charge is 0.294 e. The van der Waals surface area contributed by atoms with Gasteiger partial charge in [-0.15, -0.1) is 0 Å². The van der Waals surface area contributed by atoms with E-state index < -0.39 is 0 Å². The molecular weight excluding hydrogens is 297 g/mol. The van der Waals surface area contributed by atoms with Gasteiger partial charge in [0.05, 0.1) is 0 Å². The highest BCUT2D eigenvalue weighted by Gasteiger charge is 2.11. The van der Waals surface area contributed by atoms with Crippen molar-refractivity contribution in [1.29, 1.82) is 0 Å². The van der Waals surface area contributed by atoms with Crippen LogP contribution in [0.3, 0.4) is 0 Å². The molecule has 0 aliphatic carbocycles. The maximum Gasteiger partial charge on any atom is 0.168 e. The van der Waals surface area contributed by atoms with E-state index in [1.165, 1.54) is 12.3 Å². The Labute approximate surface area is 113 Å². The number of hydrogen-bond acceptors (Lipinski definition) is 2.